The molecule has 0 aliphatic carbocycles. The summed E-state index contributed by atoms with van der Waals surface area (Å²) in [6.07, 6.45) is 4.14. The molecule has 0 spiro atoms. The molecule has 1 unspecified atom stereocenters. The molecule has 2 fully saturated rings. The number of hydrogen-bond acceptors (Lipinski definition) is 4. The second-order valence-electron chi connectivity index (χ2n) is 4.88. The molecule has 0 bridgehead atoms. The summed E-state index contributed by atoms with van der Waals surface area (Å²) < 4.78 is 10.9. The highest BCUT2D eigenvalue weighted by Crippen LogP contribution is 2.27. The summed E-state index contributed by atoms with van der Waals surface area (Å²) in [7, 11) is 0. The third-order valence-corrected chi connectivity index (χ3v) is 3.46. The maximum absolute atomic E-state index is 11.3. The summed E-state index contributed by atoms with van der Waals surface area (Å²) in [5.74, 6) is 0. The Labute approximate surface area is 96.9 Å². The topological polar surface area (TPSA) is 38.8 Å². The molecule has 0 amide bonds. The van der Waals surface area contributed by atoms with Crippen LogP contribution in [-0.2, 0) is 14.3 Å². The zero-order valence-corrected chi connectivity index (χ0v) is 9.82. The minimum absolute atomic E-state index is 0.261. The Hall–Kier alpha value is -0.450. The smallest absolute Gasteiger partial charge is 0.129 e. The number of carbonyl (C=O) groups excluding carboxylic acids is 1. The minimum atomic E-state index is -0.261. The van der Waals surface area contributed by atoms with Gasteiger partial charge in [0.2, 0.25) is 0 Å². The predicted octanol–water partition coefficient (Wildman–Crippen LogP) is 0.704. The monoisotopic (exact) mass is 227 g/mol. The molecule has 2 rings (SSSR count). The van der Waals surface area contributed by atoms with Gasteiger partial charge in [0.25, 0.3) is 0 Å². The minimum Gasteiger partial charge on any atom is -0.380 e. The van der Waals surface area contributed by atoms with Crippen molar-refractivity contribution in [3.05, 3.63) is 0 Å². The molecule has 0 aromatic carbocycles. The van der Waals surface area contributed by atoms with Crippen LogP contribution < -0.4 is 0 Å². The third kappa shape index (κ3) is 3.03. The lowest BCUT2D eigenvalue weighted by atomic mass is 9.83. The molecule has 2 aliphatic heterocycles. The summed E-state index contributed by atoms with van der Waals surface area (Å²) in [6, 6.07) is 0. The van der Waals surface area contributed by atoms with Gasteiger partial charge < -0.3 is 14.3 Å². The molecule has 0 aromatic rings. The van der Waals surface area contributed by atoms with Crippen molar-refractivity contribution in [2.24, 2.45) is 5.41 Å². The van der Waals surface area contributed by atoms with E-state index in [9.17, 15) is 4.79 Å². The standard InChI is InChI=1S/C12H21NO3/c14-10-12(3-1-6-16-11-12)9-13-4-2-7-15-8-5-13/h10H,1-9,11H2. The van der Waals surface area contributed by atoms with E-state index in [1.807, 2.05) is 0 Å². The molecule has 2 aliphatic rings. The van der Waals surface area contributed by atoms with Crippen LogP contribution in [0.3, 0.4) is 0 Å². The highest BCUT2D eigenvalue weighted by atomic mass is 16.5. The fourth-order valence-electron chi connectivity index (χ4n) is 2.53. The van der Waals surface area contributed by atoms with Crippen LogP contribution in [0.1, 0.15) is 19.3 Å². The number of ether oxygens (including phenoxy) is 2. The van der Waals surface area contributed by atoms with Gasteiger partial charge in [0.15, 0.2) is 0 Å². The second-order valence-corrected chi connectivity index (χ2v) is 4.88. The van der Waals surface area contributed by atoms with Crippen LogP contribution in [0.4, 0.5) is 0 Å². The fraction of sp³-hybridized carbons (Fsp3) is 0.917. The highest BCUT2D eigenvalue weighted by molar-refractivity contribution is 5.60. The van der Waals surface area contributed by atoms with Crippen molar-refractivity contribution in [2.45, 2.75) is 19.3 Å². The van der Waals surface area contributed by atoms with E-state index in [0.29, 0.717) is 6.61 Å². The van der Waals surface area contributed by atoms with E-state index in [4.69, 9.17) is 9.47 Å². The lowest BCUT2D eigenvalue weighted by Crippen LogP contribution is -2.45. The first kappa shape index (κ1) is 12.0. The van der Waals surface area contributed by atoms with E-state index >= 15 is 0 Å². The molecular weight excluding hydrogens is 206 g/mol. The van der Waals surface area contributed by atoms with Gasteiger partial charge in [-0.3, -0.25) is 4.90 Å². The van der Waals surface area contributed by atoms with Crippen LogP contribution in [0.2, 0.25) is 0 Å². The van der Waals surface area contributed by atoms with Crippen molar-refractivity contribution in [1.29, 1.82) is 0 Å². The van der Waals surface area contributed by atoms with Crippen LogP contribution in [-0.4, -0.2) is 57.2 Å². The molecule has 0 N–H and O–H groups in total. The van der Waals surface area contributed by atoms with E-state index in [-0.39, 0.29) is 5.41 Å². The van der Waals surface area contributed by atoms with Gasteiger partial charge in [0, 0.05) is 32.8 Å². The first-order valence-electron chi connectivity index (χ1n) is 6.19. The Kier molecular flexibility index (Phi) is 4.32. The molecule has 4 heteroatoms. The van der Waals surface area contributed by atoms with Crippen molar-refractivity contribution >= 4 is 6.29 Å². The molecule has 2 saturated heterocycles. The second kappa shape index (κ2) is 5.75. The third-order valence-electron chi connectivity index (χ3n) is 3.46. The van der Waals surface area contributed by atoms with Gasteiger partial charge in [-0.25, -0.2) is 0 Å². The van der Waals surface area contributed by atoms with E-state index in [1.54, 1.807) is 0 Å². The number of aldehydes is 1. The Morgan fingerprint density at radius 1 is 1.12 bits per heavy atom. The Bertz CT molecular complexity index is 218. The summed E-state index contributed by atoms with van der Waals surface area (Å²) in [5, 5.41) is 0. The number of hydrogen-bond donors (Lipinski definition) is 0. The zero-order valence-electron chi connectivity index (χ0n) is 9.82. The molecule has 92 valence electrons. The largest absolute Gasteiger partial charge is 0.380 e. The average Bonchev–Trinajstić information content (AvgIpc) is 2.59. The van der Waals surface area contributed by atoms with E-state index < -0.39 is 0 Å². The lowest BCUT2D eigenvalue weighted by molar-refractivity contribution is -0.125. The molecule has 2 heterocycles. The summed E-state index contributed by atoms with van der Waals surface area (Å²) in [6.45, 7) is 5.84. The van der Waals surface area contributed by atoms with Gasteiger partial charge in [-0.05, 0) is 19.3 Å². The summed E-state index contributed by atoms with van der Waals surface area (Å²) in [5.41, 5.74) is -0.261. The summed E-state index contributed by atoms with van der Waals surface area (Å²) >= 11 is 0. The van der Waals surface area contributed by atoms with Crippen LogP contribution >= 0.6 is 0 Å². The normalized spacial score (nSPS) is 33.2. The number of nitrogens with zero attached hydrogens (tertiary/aromatic N) is 1. The van der Waals surface area contributed by atoms with Crippen LogP contribution in [0, 0.1) is 5.41 Å². The lowest BCUT2D eigenvalue weighted by Gasteiger charge is -2.36. The molecule has 0 radical (unpaired) electrons. The van der Waals surface area contributed by atoms with Crippen LogP contribution in [0.5, 0.6) is 0 Å². The SMILES string of the molecule is O=CC1(CN2CCCOCC2)CCCOC1. The van der Waals surface area contributed by atoms with E-state index in [0.717, 1.165) is 65.0 Å². The molecule has 0 saturated carbocycles. The van der Waals surface area contributed by atoms with Crippen LogP contribution in [0.25, 0.3) is 0 Å². The first-order chi connectivity index (χ1) is 7.85. The van der Waals surface area contributed by atoms with Crippen molar-refractivity contribution in [1.82, 2.24) is 4.90 Å². The molecule has 0 aromatic heterocycles. The Morgan fingerprint density at radius 2 is 2.00 bits per heavy atom. The first-order valence-corrected chi connectivity index (χ1v) is 6.19. The van der Waals surface area contributed by atoms with Gasteiger partial charge >= 0.3 is 0 Å². The maximum Gasteiger partial charge on any atom is 0.129 e. The molecule has 1 atom stereocenters. The van der Waals surface area contributed by atoms with Crippen molar-refractivity contribution in [2.75, 3.05) is 46.1 Å². The summed E-state index contributed by atoms with van der Waals surface area (Å²) in [4.78, 5) is 13.6. The average molecular weight is 227 g/mol. The van der Waals surface area contributed by atoms with Crippen LogP contribution in [0.15, 0.2) is 0 Å². The Morgan fingerprint density at radius 3 is 2.75 bits per heavy atom. The maximum atomic E-state index is 11.3. The Balaban J connectivity index is 1.91. The fourth-order valence-corrected chi connectivity index (χ4v) is 2.53. The van der Waals surface area contributed by atoms with E-state index in [1.165, 1.54) is 0 Å². The van der Waals surface area contributed by atoms with Gasteiger partial charge in [-0.15, -0.1) is 0 Å². The van der Waals surface area contributed by atoms with E-state index in [2.05, 4.69) is 4.90 Å². The van der Waals surface area contributed by atoms with Gasteiger partial charge in [-0.1, -0.05) is 0 Å². The molecule has 4 nitrogen and oxygen atoms in total. The highest BCUT2D eigenvalue weighted by Gasteiger charge is 2.34. The van der Waals surface area contributed by atoms with Crippen molar-refractivity contribution in [3.63, 3.8) is 0 Å². The molecular formula is C12H21NO3. The predicted molar refractivity (Wildman–Crippen MR) is 60.4 cm³/mol. The van der Waals surface area contributed by atoms with Gasteiger partial charge in [0.05, 0.1) is 18.6 Å². The van der Waals surface area contributed by atoms with Gasteiger partial charge in [0.1, 0.15) is 6.29 Å². The van der Waals surface area contributed by atoms with Gasteiger partial charge in [-0.2, -0.15) is 0 Å². The zero-order chi connectivity index (χ0) is 11.3. The van der Waals surface area contributed by atoms with Crippen molar-refractivity contribution in [3.8, 4) is 0 Å². The number of carbonyl (C=O) groups is 1. The van der Waals surface area contributed by atoms with Crippen molar-refractivity contribution < 1.29 is 14.3 Å². The molecule has 16 heavy (non-hydrogen) atoms. The number of rotatable bonds is 3. The quantitative estimate of drug-likeness (QED) is 0.665.